The van der Waals surface area contributed by atoms with Crippen molar-refractivity contribution in [3.8, 4) is 0 Å². The Morgan fingerprint density at radius 3 is 2.50 bits per heavy atom. The van der Waals surface area contributed by atoms with E-state index in [0.717, 1.165) is 0 Å². The molecular formula is C11H13F3N4O2. The molecule has 2 heterocycles. The Labute approximate surface area is 113 Å². The zero-order chi connectivity index (χ0) is 14.6. The van der Waals surface area contributed by atoms with Crippen molar-refractivity contribution in [2.45, 2.75) is 6.18 Å². The van der Waals surface area contributed by atoms with Gasteiger partial charge in [0.15, 0.2) is 6.61 Å². The van der Waals surface area contributed by atoms with Crippen LogP contribution in [0, 0.1) is 0 Å². The van der Waals surface area contributed by atoms with E-state index in [9.17, 15) is 18.0 Å². The van der Waals surface area contributed by atoms with E-state index in [2.05, 4.69) is 14.7 Å². The monoisotopic (exact) mass is 290 g/mol. The van der Waals surface area contributed by atoms with Crippen molar-refractivity contribution in [3.05, 3.63) is 18.6 Å². The lowest BCUT2D eigenvalue weighted by molar-refractivity contribution is -0.162. The number of piperazine rings is 1. The summed E-state index contributed by atoms with van der Waals surface area (Å²) in [7, 11) is 0. The Hall–Kier alpha value is -2.06. The summed E-state index contributed by atoms with van der Waals surface area (Å²) < 4.78 is 40.0. The summed E-state index contributed by atoms with van der Waals surface area (Å²) in [6, 6.07) is 0. The summed E-state index contributed by atoms with van der Waals surface area (Å²) in [5, 5.41) is 0. The Morgan fingerprint density at radius 1 is 1.25 bits per heavy atom. The molecule has 1 amide bonds. The summed E-state index contributed by atoms with van der Waals surface area (Å²) in [5.41, 5.74) is 0. The first-order valence-corrected chi connectivity index (χ1v) is 5.95. The standard InChI is InChI=1S/C11H13F3N4O2/c12-11(13,14)8-20-10(19)18-5-3-17(4-6-18)9-7-15-1-2-16-9/h1-2,7H,3-6,8H2. The van der Waals surface area contributed by atoms with Gasteiger partial charge in [-0.3, -0.25) is 4.98 Å². The van der Waals surface area contributed by atoms with Crippen LogP contribution in [0.2, 0.25) is 0 Å². The highest BCUT2D eigenvalue weighted by Gasteiger charge is 2.31. The molecule has 0 bridgehead atoms. The van der Waals surface area contributed by atoms with Crippen molar-refractivity contribution in [1.82, 2.24) is 14.9 Å². The van der Waals surface area contributed by atoms with E-state index in [-0.39, 0.29) is 13.1 Å². The normalized spacial score (nSPS) is 16.1. The van der Waals surface area contributed by atoms with Gasteiger partial charge < -0.3 is 14.5 Å². The van der Waals surface area contributed by atoms with Crippen LogP contribution in [0.3, 0.4) is 0 Å². The maximum absolute atomic E-state index is 11.9. The SMILES string of the molecule is O=C(OCC(F)(F)F)N1CCN(c2cnccn2)CC1. The van der Waals surface area contributed by atoms with Crippen LogP contribution in [0.4, 0.5) is 23.8 Å². The van der Waals surface area contributed by atoms with Crippen LogP contribution in [-0.2, 0) is 4.74 Å². The van der Waals surface area contributed by atoms with Gasteiger partial charge in [-0.05, 0) is 0 Å². The number of carbonyl (C=O) groups excluding carboxylic acids is 1. The van der Waals surface area contributed by atoms with Gasteiger partial charge in [-0.2, -0.15) is 13.2 Å². The van der Waals surface area contributed by atoms with E-state index in [4.69, 9.17) is 0 Å². The molecule has 110 valence electrons. The Morgan fingerprint density at radius 2 is 1.95 bits per heavy atom. The van der Waals surface area contributed by atoms with Crippen molar-refractivity contribution >= 4 is 11.9 Å². The number of nitrogens with zero attached hydrogens (tertiary/aromatic N) is 4. The van der Waals surface area contributed by atoms with E-state index in [1.165, 1.54) is 4.90 Å². The second kappa shape index (κ2) is 5.93. The number of hydrogen-bond donors (Lipinski definition) is 0. The third-order valence-corrected chi connectivity index (χ3v) is 2.77. The third-order valence-electron chi connectivity index (χ3n) is 2.77. The predicted octanol–water partition coefficient (Wildman–Crippen LogP) is 1.30. The van der Waals surface area contributed by atoms with Gasteiger partial charge in [0.05, 0.1) is 6.20 Å². The van der Waals surface area contributed by atoms with Crippen molar-refractivity contribution < 1.29 is 22.7 Å². The molecule has 0 radical (unpaired) electrons. The molecule has 0 unspecified atom stereocenters. The second-order valence-electron chi connectivity index (χ2n) is 4.21. The summed E-state index contributed by atoms with van der Waals surface area (Å²) in [6.07, 6.45) is -0.747. The quantitative estimate of drug-likeness (QED) is 0.821. The molecule has 20 heavy (non-hydrogen) atoms. The van der Waals surface area contributed by atoms with Gasteiger partial charge in [-0.25, -0.2) is 9.78 Å². The molecule has 0 aromatic carbocycles. The molecule has 0 atom stereocenters. The fourth-order valence-corrected chi connectivity index (χ4v) is 1.81. The van der Waals surface area contributed by atoms with Crippen LogP contribution in [0.5, 0.6) is 0 Å². The summed E-state index contributed by atoms with van der Waals surface area (Å²) in [6.45, 7) is -0.0453. The number of hydrogen-bond acceptors (Lipinski definition) is 5. The summed E-state index contributed by atoms with van der Waals surface area (Å²) in [5.74, 6) is 0.677. The molecule has 0 aliphatic carbocycles. The van der Waals surface area contributed by atoms with Crippen LogP contribution in [-0.4, -0.2) is 59.9 Å². The van der Waals surface area contributed by atoms with E-state index in [0.29, 0.717) is 18.9 Å². The van der Waals surface area contributed by atoms with Gasteiger partial charge in [0.1, 0.15) is 5.82 Å². The molecule has 1 aliphatic heterocycles. The molecule has 6 nitrogen and oxygen atoms in total. The Bertz CT molecular complexity index is 447. The van der Waals surface area contributed by atoms with E-state index < -0.39 is 18.9 Å². The molecule has 0 spiro atoms. The van der Waals surface area contributed by atoms with Crippen molar-refractivity contribution in [2.24, 2.45) is 0 Å². The minimum atomic E-state index is -4.50. The lowest BCUT2D eigenvalue weighted by Crippen LogP contribution is -2.49. The zero-order valence-electron chi connectivity index (χ0n) is 10.5. The Balaban J connectivity index is 1.81. The van der Waals surface area contributed by atoms with Crippen molar-refractivity contribution in [3.63, 3.8) is 0 Å². The molecule has 9 heteroatoms. The molecule has 1 saturated heterocycles. The second-order valence-corrected chi connectivity index (χ2v) is 4.21. The highest BCUT2D eigenvalue weighted by Crippen LogP contribution is 2.16. The number of ether oxygens (including phenoxy) is 1. The third kappa shape index (κ3) is 3.97. The average Bonchev–Trinajstić information content (AvgIpc) is 2.45. The number of halogens is 3. The predicted molar refractivity (Wildman–Crippen MR) is 63.2 cm³/mol. The number of carbonyl (C=O) groups is 1. The highest BCUT2D eigenvalue weighted by molar-refractivity contribution is 5.68. The molecule has 2 rings (SSSR count). The summed E-state index contributed by atoms with van der Waals surface area (Å²) in [4.78, 5) is 22.7. The first kappa shape index (κ1) is 14.4. The van der Waals surface area contributed by atoms with E-state index >= 15 is 0 Å². The topological polar surface area (TPSA) is 58.6 Å². The van der Waals surface area contributed by atoms with E-state index in [1.54, 1.807) is 18.6 Å². The molecule has 1 aromatic heterocycles. The molecule has 0 N–H and O–H groups in total. The van der Waals surface area contributed by atoms with Crippen LogP contribution < -0.4 is 4.90 Å². The number of rotatable bonds is 2. The van der Waals surface area contributed by atoms with Crippen LogP contribution >= 0.6 is 0 Å². The largest absolute Gasteiger partial charge is 0.440 e. The maximum Gasteiger partial charge on any atom is 0.422 e. The number of aromatic nitrogens is 2. The Kier molecular flexibility index (Phi) is 4.26. The van der Waals surface area contributed by atoms with Crippen LogP contribution in [0.25, 0.3) is 0 Å². The summed E-state index contributed by atoms with van der Waals surface area (Å²) >= 11 is 0. The van der Waals surface area contributed by atoms with Gasteiger partial charge in [0.25, 0.3) is 0 Å². The molecule has 1 aromatic rings. The lowest BCUT2D eigenvalue weighted by atomic mass is 10.3. The molecule has 0 saturated carbocycles. The van der Waals surface area contributed by atoms with Crippen LogP contribution in [0.1, 0.15) is 0 Å². The number of alkyl halides is 3. The minimum Gasteiger partial charge on any atom is -0.440 e. The average molecular weight is 290 g/mol. The first-order chi connectivity index (χ1) is 9.46. The number of amides is 1. The van der Waals surface area contributed by atoms with Gasteiger partial charge in [-0.1, -0.05) is 0 Å². The minimum absolute atomic E-state index is 0.285. The fourth-order valence-electron chi connectivity index (χ4n) is 1.81. The van der Waals surface area contributed by atoms with Crippen molar-refractivity contribution in [1.29, 1.82) is 0 Å². The smallest absolute Gasteiger partial charge is 0.422 e. The van der Waals surface area contributed by atoms with Gasteiger partial charge in [0.2, 0.25) is 0 Å². The molecular weight excluding hydrogens is 277 g/mol. The fraction of sp³-hybridized carbons (Fsp3) is 0.545. The molecule has 1 fully saturated rings. The van der Waals surface area contributed by atoms with Gasteiger partial charge in [0, 0.05) is 38.6 Å². The lowest BCUT2D eigenvalue weighted by Gasteiger charge is -2.34. The first-order valence-electron chi connectivity index (χ1n) is 5.95. The van der Waals surface area contributed by atoms with Gasteiger partial charge >= 0.3 is 12.3 Å². The van der Waals surface area contributed by atoms with Gasteiger partial charge in [-0.15, -0.1) is 0 Å². The number of anilines is 1. The molecule has 1 aliphatic rings. The van der Waals surface area contributed by atoms with Crippen LogP contribution in [0.15, 0.2) is 18.6 Å². The highest BCUT2D eigenvalue weighted by atomic mass is 19.4. The zero-order valence-corrected chi connectivity index (χ0v) is 10.5. The maximum atomic E-state index is 11.9. The van der Waals surface area contributed by atoms with E-state index in [1.807, 2.05) is 4.90 Å². The van der Waals surface area contributed by atoms with Crippen molar-refractivity contribution in [2.75, 3.05) is 37.7 Å².